The molecule has 0 saturated carbocycles. The molecule has 0 spiro atoms. The zero-order valence-corrected chi connectivity index (χ0v) is 17.4. The quantitative estimate of drug-likeness (QED) is 0.179. The first kappa shape index (κ1) is 23.4. The summed E-state index contributed by atoms with van der Waals surface area (Å²) in [5.74, 6) is -1.53. The van der Waals surface area contributed by atoms with Gasteiger partial charge in [-0.1, -0.05) is 59.6 Å². The van der Waals surface area contributed by atoms with Gasteiger partial charge < -0.3 is 14.8 Å². The lowest BCUT2D eigenvalue weighted by Gasteiger charge is -2.20. The summed E-state index contributed by atoms with van der Waals surface area (Å²) in [5, 5.41) is 13.5. The van der Waals surface area contributed by atoms with Crippen molar-refractivity contribution in [2.75, 3.05) is 18.5 Å². The second-order valence-corrected chi connectivity index (χ2v) is 7.02. The summed E-state index contributed by atoms with van der Waals surface area (Å²) in [5.41, 5.74) is 0.925. The van der Waals surface area contributed by atoms with Crippen LogP contribution in [-0.4, -0.2) is 36.2 Å². The fourth-order valence-corrected chi connectivity index (χ4v) is 2.94. The molecule has 1 N–H and O–H groups in total. The van der Waals surface area contributed by atoms with Crippen molar-refractivity contribution in [1.29, 1.82) is 0 Å². The molecule has 2 aromatic carbocycles. The molecule has 1 unspecified atom stereocenters. The molecule has 0 bridgehead atoms. The molecule has 0 aliphatic heterocycles. The number of benzene rings is 2. The number of unbranched alkanes of at least 4 members (excludes halogenated alkanes) is 1. The van der Waals surface area contributed by atoms with Crippen molar-refractivity contribution in [2.45, 2.75) is 25.5 Å². The lowest BCUT2D eigenvalue weighted by atomic mass is 10.2. The van der Waals surface area contributed by atoms with Crippen LogP contribution in [-0.2, 0) is 25.5 Å². The molecular formula is C20H20Cl2N2O6. The van der Waals surface area contributed by atoms with Crippen molar-refractivity contribution >= 4 is 40.8 Å². The standard InChI is InChI=1S/C20H20Cl2N2O6/c21-15-9-6-10-16(22)18(15)23-19(20(26)29-12-5-4-11-24(27)28)30-17(25)13-14-7-2-1-3-8-14/h1-3,6-10,19,23H,4-5,11-13H2. The van der Waals surface area contributed by atoms with Gasteiger partial charge in [0.05, 0.1) is 28.8 Å². The third kappa shape index (κ3) is 7.88. The van der Waals surface area contributed by atoms with Crippen molar-refractivity contribution in [1.82, 2.24) is 0 Å². The van der Waals surface area contributed by atoms with E-state index in [1.807, 2.05) is 6.07 Å². The molecule has 1 atom stereocenters. The van der Waals surface area contributed by atoms with Gasteiger partial charge in [-0.3, -0.25) is 14.9 Å². The molecule has 0 saturated heterocycles. The normalized spacial score (nSPS) is 11.4. The number of para-hydroxylation sites is 1. The number of hydrogen-bond acceptors (Lipinski definition) is 7. The molecule has 30 heavy (non-hydrogen) atoms. The maximum atomic E-state index is 12.5. The first-order chi connectivity index (χ1) is 14.4. The van der Waals surface area contributed by atoms with E-state index in [9.17, 15) is 19.7 Å². The van der Waals surface area contributed by atoms with Crippen molar-refractivity contribution in [3.63, 3.8) is 0 Å². The number of carbonyl (C=O) groups excluding carboxylic acids is 2. The van der Waals surface area contributed by atoms with E-state index in [0.29, 0.717) is 12.0 Å². The summed E-state index contributed by atoms with van der Waals surface area (Å²) >= 11 is 12.2. The highest BCUT2D eigenvalue weighted by Gasteiger charge is 2.26. The summed E-state index contributed by atoms with van der Waals surface area (Å²) in [6, 6.07) is 13.6. The zero-order valence-electron chi connectivity index (χ0n) is 15.9. The molecule has 0 aromatic heterocycles. The van der Waals surface area contributed by atoms with Gasteiger partial charge in [-0.2, -0.15) is 0 Å². The third-order valence-electron chi connectivity index (χ3n) is 3.87. The Hall–Kier alpha value is -2.84. The minimum atomic E-state index is -1.49. The Balaban J connectivity index is 2.04. The number of nitrogens with one attached hydrogen (secondary N) is 1. The fourth-order valence-electron chi connectivity index (χ4n) is 2.43. The van der Waals surface area contributed by atoms with Gasteiger partial charge in [-0.05, 0) is 24.1 Å². The van der Waals surface area contributed by atoms with E-state index in [4.69, 9.17) is 32.7 Å². The van der Waals surface area contributed by atoms with E-state index >= 15 is 0 Å². The van der Waals surface area contributed by atoms with Crippen molar-refractivity contribution in [3.05, 3.63) is 74.3 Å². The van der Waals surface area contributed by atoms with E-state index in [1.165, 1.54) is 0 Å². The predicted octanol–water partition coefficient (Wildman–Crippen LogP) is 4.12. The summed E-state index contributed by atoms with van der Waals surface area (Å²) in [4.78, 5) is 34.7. The van der Waals surface area contributed by atoms with E-state index in [1.54, 1.807) is 42.5 Å². The average molecular weight is 455 g/mol. The van der Waals surface area contributed by atoms with Gasteiger partial charge in [0.2, 0.25) is 6.54 Å². The SMILES string of the molecule is O=C(Cc1ccccc1)OC(Nc1c(Cl)cccc1Cl)C(=O)OCCCC[N+](=O)[O-]. The monoisotopic (exact) mass is 454 g/mol. The van der Waals surface area contributed by atoms with Gasteiger partial charge in [-0.15, -0.1) is 0 Å². The Labute approximate surface area is 183 Å². The molecule has 160 valence electrons. The Morgan fingerprint density at radius 1 is 1.03 bits per heavy atom. The molecule has 0 aliphatic carbocycles. The van der Waals surface area contributed by atoms with Crippen LogP contribution in [0.25, 0.3) is 0 Å². The molecule has 0 fully saturated rings. The Kier molecular flexibility index (Phi) is 9.37. The molecular weight excluding hydrogens is 435 g/mol. The van der Waals surface area contributed by atoms with Gasteiger partial charge in [0.15, 0.2) is 0 Å². The molecule has 2 aromatic rings. The van der Waals surface area contributed by atoms with E-state index in [-0.39, 0.29) is 41.7 Å². The number of esters is 2. The molecule has 0 aliphatic rings. The number of nitro groups is 1. The van der Waals surface area contributed by atoms with Gasteiger partial charge in [0.1, 0.15) is 0 Å². The lowest BCUT2D eigenvalue weighted by Crippen LogP contribution is -2.37. The maximum absolute atomic E-state index is 12.5. The lowest BCUT2D eigenvalue weighted by molar-refractivity contribution is -0.480. The average Bonchev–Trinajstić information content (AvgIpc) is 2.70. The smallest absolute Gasteiger partial charge is 0.369 e. The Morgan fingerprint density at radius 3 is 2.33 bits per heavy atom. The van der Waals surface area contributed by atoms with Crippen LogP contribution >= 0.6 is 23.2 Å². The number of carbonyl (C=O) groups is 2. The van der Waals surface area contributed by atoms with Crippen molar-refractivity contribution in [2.24, 2.45) is 0 Å². The van der Waals surface area contributed by atoms with Crippen LogP contribution in [0.5, 0.6) is 0 Å². The second-order valence-electron chi connectivity index (χ2n) is 6.20. The third-order valence-corrected chi connectivity index (χ3v) is 4.50. The minimum absolute atomic E-state index is 0.0502. The number of halogens is 2. The number of anilines is 1. The fraction of sp³-hybridized carbons (Fsp3) is 0.300. The number of hydrogen-bond donors (Lipinski definition) is 1. The van der Waals surface area contributed by atoms with Crippen LogP contribution in [0.15, 0.2) is 48.5 Å². The van der Waals surface area contributed by atoms with Crippen LogP contribution in [0, 0.1) is 10.1 Å². The predicted molar refractivity (Wildman–Crippen MR) is 112 cm³/mol. The highest BCUT2D eigenvalue weighted by atomic mass is 35.5. The Bertz CT molecular complexity index is 859. The van der Waals surface area contributed by atoms with Crippen molar-refractivity contribution < 1.29 is 24.0 Å². The minimum Gasteiger partial charge on any atom is -0.461 e. The van der Waals surface area contributed by atoms with Crippen LogP contribution in [0.4, 0.5) is 5.69 Å². The van der Waals surface area contributed by atoms with Crippen LogP contribution in [0.1, 0.15) is 18.4 Å². The second kappa shape index (κ2) is 12.0. The highest BCUT2D eigenvalue weighted by Crippen LogP contribution is 2.30. The number of nitrogens with zero attached hydrogens (tertiary/aromatic N) is 1. The summed E-state index contributed by atoms with van der Waals surface area (Å²) < 4.78 is 10.4. The van der Waals surface area contributed by atoms with Gasteiger partial charge in [0, 0.05) is 11.3 Å². The van der Waals surface area contributed by atoms with Gasteiger partial charge in [0.25, 0.3) is 6.23 Å². The molecule has 10 heteroatoms. The molecule has 0 radical (unpaired) electrons. The number of ether oxygens (including phenoxy) is 2. The van der Waals surface area contributed by atoms with Gasteiger partial charge >= 0.3 is 11.9 Å². The van der Waals surface area contributed by atoms with Crippen molar-refractivity contribution in [3.8, 4) is 0 Å². The highest BCUT2D eigenvalue weighted by molar-refractivity contribution is 6.39. The van der Waals surface area contributed by atoms with Gasteiger partial charge in [-0.25, -0.2) is 4.79 Å². The summed E-state index contributed by atoms with van der Waals surface area (Å²) in [6.45, 7) is -0.280. The van der Waals surface area contributed by atoms with Crippen LogP contribution in [0.3, 0.4) is 0 Å². The zero-order chi connectivity index (χ0) is 21.9. The van der Waals surface area contributed by atoms with E-state index < -0.39 is 23.1 Å². The molecule has 0 heterocycles. The Morgan fingerprint density at radius 2 is 1.70 bits per heavy atom. The molecule has 2 rings (SSSR count). The summed E-state index contributed by atoms with van der Waals surface area (Å²) in [6.07, 6.45) is -0.993. The summed E-state index contributed by atoms with van der Waals surface area (Å²) in [7, 11) is 0. The first-order valence-corrected chi connectivity index (χ1v) is 9.85. The van der Waals surface area contributed by atoms with E-state index in [0.717, 1.165) is 0 Å². The van der Waals surface area contributed by atoms with Crippen LogP contribution < -0.4 is 5.32 Å². The topological polar surface area (TPSA) is 108 Å². The first-order valence-electron chi connectivity index (χ1n) is 9.09. The van der Waals surface area contributed by atoms with Crippen LogP contribution in [0.2, 0.25) is 10.0 Å². The van der Waals surface area contributed by atoms with E-state index in [2.05, 4.69) is 5.32 Å². The molecule has 0 amide bonds. The molecule has 8 nitrogen and oxygen atoms in total. The number of rotatable bonds is 11. The largest absolute Gasteiger partial charge is 0.461 e. The maximum Gasteiger partial charge on any atom is 0.369 e.